The molecule has 224 valence electrons. The number of amides is 4. The molecule has 6 bridgehead atoms. The minimum Gasteiger partial charge on any atom is -0.388 e. The van der Waals surface area contributed by atoms with Gasteiger partial charge in [-0.2, -0.15) is 0 Å². The van der Waals surface area contributed by atoms with Crippen molar-refractivity contribution in [3.05, 3.63) is 34.9 Å². The Morgan fingerprint density at radius 3 is 2.66 bits per heavy atom. The number of methoxy groups -OCH3 is 1. The lowest BCUT2D eigenvalue weighted by molar-refractivity contribution is -0.152. The third-order valence-electron chi connectivity index (χ3n) is 8.24. The summed E-state index contributed by atoms with van der Waals surface area (Å²) >= 11 is 6.20. The molecule has 14 heteroatoms. The van der Waals surface area contributed by atoms with E-state index in [-0.39, 0.29) is 63.0 Å². The maximum Gasteiger partial charge on any atom is 0.249 e. The van der Waals surface area contributed by atoms with Gasteiger partial charge in [0, 0.05) is 50.9 Å². The molecule has 13 nitrogen and oxygen atoms in total. The smallest absolute Gasteiger partial charge is 0.249 e. The molecule has 1 aromatic rings. The van der Waals surface area contributed by atoms with Crippen LogP contribution in [0.2, 0.25) is 5.02 Å². The van der Waals surface area contributed by atoms with Crippen molar-refractivity contribution in [3.8, 4) is 0 Å². The number of halogens is 1. The summed E-state index contributed by atoms with van der Waals surface area (Å²) < 4.78 is 10.8. The summed E-state index contributed by atoms with van der Waals surface area (Å²) in [4.78, 5) is 58.1. The fourth-order valence-electron chi connectivity index (χ4n) is 6.18. The predicted octanol–water partition coefficient (Wildman–Crippen LogP) is -1.91. The number of hydrogen-bond donors (Lipinski definition) is 4. The Hall–Kier alpha value is -2.81. The lowest BCUT2D eigenvalue weighted by Crippen LogP contribution is -2.64. The zero-order valence-corrected chi connectivity index (χ0v) is 23.5. The molecule has 0 spiro atoms. The highest BCUT2D eigenvalue weighted by Crippen LogP contribution is 2.27. The number of carbonyl (C=O) groups is 4. The van der Waals surface area contributed by atoms with Gasteiger partial charge in [0.2, 0.25) is 23.6 Å². The number of piperazine rings is 1. The first-order chi connectivity index (χ1) is 19.6. The van der Waals surface area contributed by atoms with Gasteiger partial charge in [-0.1, -0.05) is 23.7 Å². The Morgan fingerprint density at radius 2 is 1.90 bits per heavy atom. The topological polar surface area (TPSA) is 161 Å². The van der Waals surface area contributed by atoms with Crippen LogP contribution in [-0.2, 0) is 35.2 Å². The normalized spacial score (nSPS) is 33.1. The zero-order chi connectivity index (χ0) is 29.3. The number of fused-ring (bicyclic) bond motifs is 6. The first kappa shape index (κ1) is 29.7. The van der Waals surface area contributed by atoms with Gasteiger partial charge in [-0.15, -0.1) is 0 Å². The van der Waals surface area contributed by atoms with Crippen LogP contribution in [0.3, 0.4) is 0 Å². The second-order valence-corrected chi connectivity index (χ2v) is 11.5. The van der Waals surface area contributed by atoms with E-state index in [1.807, 2.05) is 23.1 Å². The minimum atomic E-state index is -1.32. The fraction of sp³-hybridized carbons (Fsp3) is 0.630. The summed E-state index contributed by atoms with van der Waals surface area (Å²) in [6.07, 6.45) is -4.41. The van der Waals surface area contributed by atoms with Crippen LogP contribution in [-0.4, -0.2) is 138 Å². The van der Waals surface area contributed by atoms with Crippen LogP contribution in [0.25, 0.3) is 0 Å². The molecule has 4 amide bonds. The molecule has 4 aliphatic heterocycles. The van der Waals surface area contributed by atoms with Gasteiger partial charge in [0.25, 0.3) is 0 Å². The van der Waals surface area contributed by atoms with E-state index in [1.54, 1.807) is 11.0 Å². The third-order valence-corrected chi connectivity index (χ3v) is 8.47. The minimum absolute atomic E-state index is 0.0298. The molecule has 0 saturated carbocycles. The molecule has 0 aromatic heterocycles. The number of hydrogen-bond acceptors (Lipinski definition) is 9. The van der Waals surface area contributed by atoms with Gasteiger partial charge in [-0.05, 0) is 24.1 Å². The van der Waals surface area contributed by atoms with Gasteiger partial charge in [0.15, 0.2) is 0 Å². The first-order valence-electron chi connectivity index (χ1n) is 13.8. The number of aliphatic hydroxyl groups is 2. The second-order valence-electron chi connectivity index (χ2n) is 11.0. The lowest BCUT2D eigenvalue weighted by atomic mass is 10.0. The van der Waals surface area contributed by atoms with Gasteiger partial charge < -0.3 is 40.1 Å². The van der Waals surface area contributed by atoms with Gasteiger partial charge in [0.05, 0.1) is 25.1 Å². The summed E-state index contributed by atoms with van der Waals surface area (Å²) in [5.74, 6) is -1.47. The van der Waals surface area contributed by atoms with Gasteiger partial charge in [-0.3, -0.25) is 24.1 Å². The summed E-state index contributed by atoms with van der Waals surface area (Å²) in [6, 6.07) is 5.41. The Labute approximate surface area is 242 Å². The molecule has 4 heterocycles. The van der Waals surface area contributed by atoms with E-state index in [0.29, 0.717) is 24.5 Å². The van der Waals surface area contributed by atoms with E-state index >= 15 is 0 Å². The van der Waals surface area contributed by atoms with E-state index in [1.165, 1.54) is 12.0 Å². The largest absolute Gasteiger partial charge is 0.388 e. The molecular weight excluding hydrogens is 558 g/mol. The van der Waals surface area contributed by atoms with Crippen LogP contribution in [0.5, 0.6) is 0 Å². The van der Waals surface area contributed by atoms with Gasteiger partial charge in [-0.25, -0.2) is 0 Å². The average molecular weight is 594 g/mol. The fourth-order valence-corrected chi connectivity index (χ4v) is 6.40. The van der Waals surface area contributed by atoms with E-state index < -0.39 is 42.4 Å². The Kier molecular flexibility index (Phi) is 9.12. The van der Waals surface area contributed by atoms with Crippen LogP contribution >= 0.6 is 11.6 Å². The highest BCUT2D eigenvalue weighted by molar-refractivity contribution is 6.30. The van der Waals surface area contributed by atoms with Crippen molar-refractivity contribution < 1.29 is 38.9 Å². The molecule has 0 aliphatic carbocycles. The summed E-state index contributed by atoms with van der Waals surface area (Å²) in [7, 11) is 1.39. The Bertz CT molecular complexity index is 1170. The maximum atomic E-state index is 14.0. The molecule has 4 fully saturated rings. The van der Waals surface area contributed by atoms with Crippen molar-refractivity contribution in [1.29, 1.82) is 0 Å². The zero-order valence-electron chi connectivity index (χ0n) is 22.8. The molecule has 1 aromatic carbocycles. The Balaban J connectivity index is 1.43. The van der Waals surface area contributed by atoms with Crippen LogP contribution in [0, 0.1) is 0 Å². The van der Waals surface area contributed by atoms with E-state index in [9.17, 15) is 29.4 Å². The van der Waals surface area contributed by atoms with Crippen LogP contribution < -0.4 is 10.6 Å². The number of nitrogens with one attached hydrogen (secondary N) is 2. The molecule has 0 radical (unpaired) electrons. The number of likely N-dealkylation sites (tertiary alicyclic amines) is 1. The molecule has 7 atom stereocenters. The average Bonchev–Trinajstić information content (AvgIpc) is 3.45. The molecule has 4 saturated heterocycles. The second kappa shape index (κ2) is 12.6. The number of rotatable bonds is 4. The van der Waals surface area contributed by atoms with E-state index in [4.69, 9.17) is 21.1 Å². The molecule has 5 rings (SSSR count). The van der Waals surface area contributed by atoms with Crippen molar-refractivity contribution in [2.75, 3.05) is 46.4 Å². The van der Waals surface area contributed by atoms with Crippen molar-refractivity contribution in [3.63, 3.8) is 0 Å². The van der Waals surface area contributed by atoms with E-state index in [2.05, 4.69) is 10.6 Å². The van der Waals surface area contributed by atoms with Crippen molar-refractivity contribution >= 4 is 35.2 Å². The van der Waals surface area contributed by atoms with Crippen LogP contribution in [0.4, 0.5) is 0 Å². The monoisotopic (exact) mass is 593 g/mol. The van der Waals surface area contributed by atoms with Gasteiger partial charge >= 0.3 is 0 Å². The third kappa shape index (κ3) is 6.50. The summed E-state index contributed by atoms with van der Waals surface area (Å²) in [6.45, 7) is 0.781. The van der Waals surface area contributed by atoms with Crippen molar-refractivity contribution in [1.82, 2.24) is 25.3 Å². The number of nitrogens with zero attached hydrogens (tertiary/aromatic N) is 3. The highest BCUT2D eigenvalue weighted by atomic mass is 35.5. The SMILES string of the molecule is COCC(=O)N1CCN2C[C@H]1C(=O)NC[C@H]1O[C@@H](CC(=O)N[C@H]3C[C@@H](C2=O)N(Cc2cccc(Cl)c2)C3)[C@H](O)[C@@H]1O. The highest BCUT2D eigenvalue weighted by Gasteiger charge is 2.46. The summed E-state index contributed by atoms with van der Waals surface area (Å²) in [5, 5.41) is 27.3. The number of carbonyl (C=O) groups excluding carboxylic acids is 4. The van der Waals surface area contributed by atoms with Crippen LogP contribution in [0.15, 0.2) is 24.3 Å². The van der Waals surface area contributed by atoms with E-state index in [0.717, 1.165) is 5.56 Å². The number of ether oxygens (including phenoxy) is 2. The maximum absolute atomic E-state index is 14.0. The summed E-state index contributed by atoms with van der Waals surface area (Å²) in [5.41, 5.74) is 0.905. The first-order valence-corrected chi connectivity index (χ1v) is 14.2. The van der Waals surface area contributed by atoms with Gasteiger partial charge in [0.1, 0.15) is 31.0 Å². The molecule has 4 N–H and O–H groups in total. The number of benzene rings is 1. The predicted molar refractivity (Wildman–Crippen MR) is 144 cm³/mol. The number of aliphatic hydroxyl groups excluding tert-OH is 2. The molecule has 0 unspecified atom stereocenters. The van der Waals surface area contributed by atoms with Crippen molar-refractivity contribution in [2.24, 2.45) is 0 Å². The standard InChI is InChI=1S/C27H36ClN5O8/c1-40-14-23(35)33-6-5-31-13-19(33)26(38)29-10-21-25(37)24(36)20(41-21)9-22(34)30-17-8-18(27(31)39)32(12-17)11-15-3-2-4-16(28)7-15/h2-4,7,17-21,24-25,36-37H,5-6,8-14H2,1H3,(H,29,38)(H,30,34)/t17-,18-,19-,20-,21+,24-,25+/m0/s1. The molecular formula is C27H36ClN5O8. The quantitative estimate of drug-likeness (QED) is 0.312. The van der Waals surface area contributed by atoms with Crippen LogP contribution in [0.1, 0.15) is 18.4 Å². The molecule has 4 aliphatic rings. The lowest BCUT2D eigenvalue weighted by Gasteiger charge is -2.42. The Morgan fingerprint density at radius 1 is 1.12 bits per heavy atom. The van der Waals surface area contributed by atoms with Crippen molar-refractivity contribution in [2.45, 2.75) is 61.9 Å². The molecule has 41 heavy (non-hydrogen) atoms.